The Morgan fingerprint density at radius 2 is 2.04 bits per heavy atom. The van der Waals surface area contributed by atoms with Gasteiger partial charge in [-0.2, -0.15) is 0 Å². The molecule has 26 heavy (non-hydrogen) atoms. The van der Waals surface area contributed by atoms with Crippen LogP contribution in [0.15, 0.2) is 18.2 Å². The molecule has 0 bridgehead atoms. The molecule has 2 aliphatic heterocycles. The van der Waals surface area contributed by atoms with Gasteiger partial charge >= 0.3 is 0 Å². The van der Waals surface area contributed by atoms with Gasteiger partial charge in [0.05, 0.1) is 6.61 Å². The molecule has 0 aromatic heterocycles. The summed E-state index contributed by atoms with van der Waals surface area (Å²) in [5, 5.41) is 9.22. The molecule has 2 saturated heterocycles. The molecule has 1 aromatic rings. The van der Waals surface area contributed by atoms with Gasteiger partial charge in [-0.25, -0.2) is 0 Å². The summed E-state index contributed by atoms with van der Waals surface area (Å²) in [6, 6.07) is 6.20. The third kappa shape index (κ3) is 4.38. The third-order valence-corrected chi connectivity index (χ3v) is 6.08. The van der Waals surface area contributed by atoms with Gasteiger partial charge in [-0.3, -0.25) is 9.69 Å². The second-order valence-corrected chi connectivity index (χ2v) is 7.97. The van der Waals surface area contributed by atoms with Crippen LogP contribution < -0.4 is 4.74 Å². The van der Waals surface area contributed by atoms with Gasteiger partial charge in [0.25, 0.3) is 0 Å². The Morgan fingerprint density at radius 3 is 2.85 bits per heavy atom. The van der Waals surface area contributed by atoms with E-state index in [-0.39, 0.29) is 17.9 Å². The number of carbonyl (C=O) groups is 1. The number of aryl methyl sites for hydroxylation is 1. The SMILES string of the molecule is Cc1cccc(OCCN2CCC[C@]3(CCC(=O)N(CCO)C3)C2)c1C. The molecule has 0 aliphatic carbocycles. The average molecular weight is 360 g/mol. The summed E-state index contributed by atoms with van der Waals surface area (Å²) in [4.78, 5) is 16.4. The van der Waals surface area contributed by atoms with Crippen LogP contribution in [0.4, 0.5) is 0 Å². The molecule has 2 heterocycles. The lowest BCUT2D eigenvalue weighted by Crippen LogP contribution is -2.54. The number of carbonyl (C=O) groups excluding carboxylic acids is 1. The van der Waals surface area contributed by atoms with Gasteiger partial charge < -0.3 is 14.7 Å². The van der Waals surface area contributed by atoms with Crippen LogP contribution in [0.1, 0.15) is 36.8 Å². The summed E-state index contributed by atoms with van der Waals surface area (Å²) in [5.41, 5.74) is 2.67. The summed E-state index contributed by atoms with van der Waals surface area (Å²) in [6.07, 6.45) is 3.94. The lowest BCUT2D eigenvalue weighted by Gasteiger charge is -2.48. The van der Waals surface area contributed by atoms with E-state index in [2.05, 4.69) is 24.8 Å². The van der Waals surface area contributed by atoms with Gasteiger partial charge in [-0.1, -0.05) is 12.1 Å². The molecule has 1 atom stereocenters. The Morgan fingerprint density at radius 1 is 1.19 bits per heavy atom. The first-order chi connectivity index (χ1) is 12.5. The molecule has 3 rings (SSSR count). The minimum Gasteiger partial charge on any atom is -0.492 e. The first-order valence-corrected chi connectivity index (χ1v) is 9.83. The number of amides is 1. The average Bonchev–Trinajstić information content (AvgIpc) is 2.63. The highest BCUT2D eigenvalue weighted by Gasteiger charge is 2.41. The van der Waals surface area contributed by atoms with E-state index < -0.39 is 0 Å². The van der Waals surface area contributed by atoms with Crippen LogP contribution >= 0.6 is 0 Å². The van der Waals surface area contributed by atoms with E-state index in [0.29, 0.717) is 19.6 Å². The van der Waals surface area contributed by atoms with Gasteiger partial charge in [0.2, 0.25) is 5.91 Å². The van der Waals surface area contributed by atoms with Crippen molar-refractivity contribution in [2.45, 2.75) is 39.5 Å². The second-order valence-electron chi connectivity index (χ2n) is 7.97. The zero-order valence-corrected chi connectivity index (χ0v) is 16.2. The molecular weight excluding hydrogens is 328 g/mol. The van der Waals surface area contributed by atoms with E-state index in [4.69, 9.17) is 4.74 Å². The Kier molecular flexibility index (Phi) is 6.20. The Hall–Kier alpha value is -1.59. The first kappa shape index (κ1) is 19.2. The largest absolute Gasteiger partial charge is 0.492 e. The molecule has 5 nitrogen and oxygen atoms in total. The minimum absolute atomic E-state index is 0.0508. The quantitative estimate of drug-likeness (QED) is 0.846. The number of ether oxygens (including phenoxy) is 1. The third-order valence-electron chi connectivity index (χ3n) is 6.08. The zero-order valence-electron chi connectivity index (χ0n) is 16.2. The number of hydrogen-bond acceptors (Lipinski definition) is 4. The lowest BCUT2D eigenvalue weighted by atomic mass is 9.73. The van der Waals surface area contributed by atoms with E-state index in [0.717, 1.165) is 38.3 Å². The van der Waals surface area contributed by atoms with Gasteiger partial charge in [0.15, 0.2) is 0 Å². The smallest absolute Gasteiger partial charge is 0.222 e. The maximum atomic E-state index is 12.1. The molecule has 0 saturated carbocycles. The number of aliphatic hydroxyl groups is 1. The topological polar surface area (TPSA) is 53.0 Å². The molecule has 2 fully saturated rings. The van der Waals surface area contributed by atoms with Crippen LogP contribution in [-0.2, 0) is 4.79 Å². The number of likely N-dealkylation sites (tertiary alicyclic amines) is 2. The molecule has 1 aromatic carbocycles. The zero-order chi connectivity index (χ0) is 18.6. The maximum absolute atomic E-state index is 12.1. The summed E-state index contributed by atoms with van der Waals surface area (Å²) in [6.45, 7) is 9.27. The van der Waals surface area contributed by atoms with Crippen molar-refractivity contribution in [2.24, 2.45) is 5.41 Å². The molecule has 1 amide bonds. The number of hydrogen-bond donors (Lipinski definition) is 1. The predicted octanol–water partition coefficient (Wildman–Crippen LogP) is 2.38. The van der Waals surface area contributed by atoms with Gasteiger partial charge in [-0.05, 0) is 56.8 Å². The van der Waals surface area contributed by atoms with Crippen LogP contribution in [0.25, 0.3) is 0 Å². The van der Waals surface area contributed by atoms with Crippen molar-refractivity contribution in [1.29, 1.82) is 0 Å². The first-order valence-electron chi connectivity index (χ1n) is 9.83. The highest BCUT2D eigenvalue weighted by atomic mass is 16.5. The Bertz CT molecular complexity index is 634. The van der Waals surface area contributed by atoms with Crippen molar-refractivity contribution in [2.75, 3.05) is 45.9 Å². The number of aliphatic hydroxyl groups excluding tert-OH is 1. The van der Waals surface area contributed by atoms with Crippen LogP contribution in [-0.4, -0.2) is 66.8 Å². The highest BCUT2D eigenvalue weighted by Crippen LogP contribution is 2.38. The summed E-state index contributed by atoms with van der Waals surface area (Å²) >= 11 is 0. The molecular formula is C21H32N2O3. The number of β-amino-alcohol motifs (C(OH)–C–C–N with tert-alkyl or cyclic N) is 1. The van der Waals surface area contributed by atoms with E-state index in [9.17, 15) is 9.90 Å². The van der Waals surface area contributed by atoms with Crippen LogP contribution in [0, 0.1) is 19.3 Å². The number of piperidine rings is 2. The molecule has 0 radical (unpaired) electrons. The van der Waals surface area contributed by atoms with Crippen LogP contribution in [0.3, 0.4) is 0 Å². The molecule has 1 N–H and O–H groups in total. The van der Waals surface area contributed by atoms with Gasteiger partial charge in [-0.15, -0.1) is 0 Å². The fraction of sp³-hybridized carbons (Fsp3) is 0.667. The van der Waals surface area contributed by atoms with Crippen molar-refractivity contribution in [1.82, 2.24) is 9.80 Å². The van der Waals surface area contributed by atoms with Crippen LogP contribution in [0.5, 0.6) is 5.75 Å². The van der Waals surface area contributed by atoms with Crippen LogP contribution in [0.2, 0.25) is 0 Å². The fourth-order valence-corrected chi connectivity index (χ4v) is 4.43. The van der Waals surface area contributed by atoms with Crippen molar-refractivity contribution >= 4 is 5.91 Å². The van der Waals surface area contributed by atoms with E-state index in [1.165, 1.54) is 24.0 Å². The Labute approximate surface area is 156 Å². The summed E-state index contributed by atoms with van der Waals surface area (Å²) in [7, 11) is 0. The molecule has 144 valence electrons. The van der Waals surface area contributed by atoms with Gasteiger partial charge in [0, 0.05) is 38.0 Å². The molecule has 0 unspecified atom stereocenters. The van der Waals surface area contributed by atoms with Crippen molar-refractivity contribution in [3.8, 4) is 5.75 Å². The molecule has 5 heteroatoms. The van der Waals surface area contributed by atoms with Gasteiger partial charge in [0.1, 0.15) is 12.4 Å². The highest BCUT2D eigenvalue weighted by molar-refractivity contribution is 5.77. The second kappa shape index (κ2) is 8.40. The summed E-state index contributed by atoms with van der Waals surface area (Å²) < 4.78 is 6.03. The lowest BCUT2D eigenvalue weighted by molar-refractivity contribution is -0.140. The van der Waals surface area contributed by atoms with E-state index in [1.54, 1.807) is 0 Å². The monoisotopic (exact) mass is 360 g/mol. The van der Waals surface area contributed by atoms with Crippen molar-refractivity contribution in [3.05, 3.63) is 29.3 Å². The molecule has 1 spiro atoms. The predicted molar refractivity (Wildman–Crippen MR) is 102 cm³/mol. The maximum Gasteiger partial charge on any atom is 0.222 e. The van der Waals surface area contributed by atoms with Crippen molar-refractivity contribution < 1.29 is 14.6 Å². The standard InChI is InChI=1S/C21H32N2O3/c1-17-5-3-6-19(18(17)2)26-14-12-22-10-4-8-21(15-22)9-7-20(25)23(16-21)11-13-24/h3,5-6,24H,4,7-16H2,1-2H3/t21-/m0/s1. The number of benzene rings is 1. The minimum atomic E-state index is 0.0508. The molecule has 2 aliphatic rings. The van der Waals surface area contributed by atoms with E-state index >= 15 is 0 Å². The van der Waals surface area contributed by atoms with E-state index in [1.807, 2.05) is 17.0 Å². The fourth-order valence-electron chi connectivity index (χ4n) is 4.43. The number of rotatable bonds is 6. The number of nitrogens with zero attached hydrogens (tertiary/aromatic N) is 2. The normalized spacial score (nSPS) is 24.3. The summed E-state index contributed by atoms with van der Waals surface area (Å²) in [5.74, 6) is 1.18. The van der Waals surface area contributed by atoms with Crippen molar-refractivity contribution in [3.63, 3.8) is 0 Å². The Balaban J connectivity index is 1.53.